The Bertz CT molecular complexity index is 961. The predicted molar refractivity (Wildman–Crippen MR) is 107 cm³/mol. The maximum atomic E-state index is 12.5. The Morgan fingerprint density at radius 1 is 1.30 bits per heavy atom. The van der Waals surface area contributed by atoms with Crippen LogP contribution in [-0.4, -0.2) is 51.7 Å². The maximum absolute atomic E-state index is 12.5. The second-order valence-corrected chi connectivity index (χ2v) is 10.4. The van der Waals surface area contributed by atoms with Crippen LogP contribution in [0.4, 0.5) is 5.69 Å². The largest absolute Gasteiger partial charge is 0.486 e. The minimum Gasteiger partial charge on any atom is -0.486 e. The third-order valence-electron chi connectivity index (χ3n) is 3.72. The summed E-state index contributed by atoms with van der Waals surface area (Å²) in [5.41, 5.74) is 0.543. The van der Waals surface area contributed by atoms with Gasteiger partial charge in [-0.2, -0.15) is 4.31 Å². The molecule has 0 saturated heterocycles. The van der Waals surface area contributed by atoms with Gasteiger partial charge in [-0.3, -0.25) is 4.79 Å². The first-order valence-electron chi connectivity index (χ1n) is 7.80. The lowest BCUT2D eigenvalue weighted by Crippen LogP contribution is -2.34. The van der Waals surface area contributed by atoms with Crippen LogP contribution < -0.4 is 14.8 Å². The molecular formula is C16H17ClN2O5S3. The topological polar surface area (TPSA) is 84.9 Å². The summed E-state index contributed by atoms with van der Waals surface area (Å²) in [4.78, 5) is 13.2. The van der Waals surface area contributed by atoms with Gasteiger partial charge in [-0.15, -0.1) is 23.1 Å². The summed E-state index contributed by atoms with van der Waals surface area (Å²) >= 11 is 8.19. The highest BCUT2D eigenvalue weighted by atomic mass is 35.5. The molecule has 3 rings (SSSR count). The SMILES string of the molecule is CSc1cc2c(cc1NC(=O)CN(C)S(=O)(=O)c1ccc(Cl)s1)OCCO2. The molecule has 0 bridgehead atoms. The van der Waals surface area contributed by atoms with Gasteiger partial charge in [-0.1, -0.05) is 11.6 Å². The molecule has 27 heavy (non-hydrogen) atoms. The van der Waals surface area contributed by atoms with Gasteiger partial charge < -0.3 is 14.8 Å². The van der Waals surface area contributed by atoms with Crippen molar-refractivity contribution in [2.75, 3.05) is 38.4 Å². The Balaban J connectivity index is 1.74. The molecule has 1 aromatic carbocycles. The first kappa shape index (κ1) is 20.3. The fourth-order valence-electron chi connectivity index (χ4n) is 2.40. The van der Waals surface area contributed by atoms with Gasteiger partial charge in [0, 0.05) is 18.0 Å². The molecule has 0 spiro atoms. The molecule has 0 fully saturated rings. The van der Waals surface area contributed by atoms with E-state index in [0.29, 0.717) is 34.7 Å². The van der Waals surface area contributed by atoms with Crippen molar-refractivity contribution in [3.8, 4) is 11.5 Å². The van der Waals surface area contributed by atoms with Crippen LogP contribution in [0.2, 0.25) is 4.34 Å². The fourth-order valence-corrected chi connectivity index (χ4v) is 5.78. The number of sulfonamides is 1. The summed E-state index contributed by atoms with van der Waals surface area (Å²) in [6, 6.07) is 6.41. The number of rotatable bonds is 6. The Labute approximate surface area is 170 Å². The van der Waals surface area contributed by atoms with Gasteiger partial charge in [0.25, 0.3) is 10.0 Å². The number of ether oxygens (including phenoxy) is 2. The van der Waals surface area contributed by atoms with E-state index >= 15 is 0 Å². The number of carbonyl (C=O) groups excluding carboxylic acids is 1. The highest BCUT2D eigenvalue weighted by Gasteiger charge is 2.25. The van der Waals surface area contributed by atoms with Crippen molar-refractivity contribution in [3.63, 3.8) is 0 Å². The Kier molecular flexibility index (Phi) is 6.21. The van der Waals surface area contributed by atoms with Gasteiger partial charge in [0.05, 0.1) is 16.6 Å². The maximum Gasteiger partial charge on any atom is 0.252 e. The fraction of sp³-hybridized carbons (Fsp3) is 0.312. The number of thioether (sulfide) groups is 1. The molecule has 1 aromatic heterocycles. The van der Waals surface area contributed by atoms with Gasteiger partial charge in [0.15, 0.2) is 11.5 Å². The molecule has 146 valence electrons. The standard InChI is InChI=1S/C16H17ClN2O5S3/c1-19(27(21,22)16-4-3-14(17)26-16)9-15(20)18-10-7-11-12(8-13(10)25-2)24-6-5-23-11/h3-4,7-8H,5-6,9H2,1-2H3,(H,18,20). The van der Waals surface area contributed by atoms with E-state index in [9.17, 15) is 13.2 Å². The van der Waals surface area contributed by atoms with Crippen LogP contribution in [0.1, 0.15) is 0 Å². The number of hydrogen-bond donors (Lipinski definition) is 1. The number of likely N-dealkylation sites (N-methyl/N-ethyl adjacent to an activating group) is 1. The number of thiophene rings is 1. The van der Waals surface area contributed by atoms with E-state index in [4.69, 9.17) is 21.1 Å². The van der Waals surface area contributed by atoms with Crippen molar-refractivity contribution in [1.82, 2.24) is 4.31 Å². The predicted octanol–water partition coefficient (Wildman–Crippen LogP) is 3.15. The van der Waals surface area contributed by atoms with Crippen molar-refractivity contribution in [3.05, 3.63) is 28.6 Å². The summed E-state index contributed by atoms with van der Waals surface area (Å²) in [6.07, 6.45) is 1.87. The van der Waals surface area contributed by atoms with Crippen LogP contribution in [0.25, 0.3) is 0 Å². The average molecular weight is 449 g/mol. The molecule has 0 aliphatic carbocycles. The molecule has 0 unspecified atom stereocenters. The van der Waals surface area contributed by atoms with Crippen LogP contribution in [0.5, 0.6) is 11.5 Å². The molecule has 1 aliphatic heterocycles. The Morgan fingerprint density at radius 3 is 2.56 bits per heavy atom. The number of halogens is 1. The summed E-state index contributed by atoms with van der Waals surface area (Å²) in [5, 5.41) is 2.75. The normalized spacial score (nSPS) is 13.6. The van der Waals surface area contributed by atoms with Crippen molar-refractivity contribution < 1.29 is 22.7 Å². The molecule has 2 aromatic rings. The molecule has 0 radical (unpaired) electrons. The van der Waals surface area contributed by atoms with Crippen molar-refractivity contribution in [2.45, 2.75) is 9.10 Å². The zero-order chi connectivity index (χ0) is 19.6. The molecule has 1 amide bonds. The van der Waals surface area contributed by atoms with E-state index in [1.54, 1.807) is 12.1 Å². The number of fused-ring (bicyclic) bond motifs is 1. The minimum absolute atomic E-state index is 0.0898. The van der Waals surface area contributed by atoms with E-state index in [0.717, 1.165) is 20.5 Å². The third kappa shape index (κ3) is 4.52. The van der Waals surface area contributed by atoms with Gasteiger partial charge in [-0.25, -0.2) is 8.42 Å². The third-order valence-corrected chi connectivity index (χ3v) is 8.00. The number of anilines is 1. The number of nitrogens with one attached hydrogen (secondary N) is 1. The minimum atomic E-state index is -3.78. The summed E-state index contributed by atoms with van der Waals surface area (Å²) in [5.74, 6) is 0.706. The number of hydrogen-bond acceptors (Lipinski definition) is 7. The summed E-state index contributed by atoms with van der Waals surface area (Å²) in [6.45, 7) is 0.575. The first-order chi connectivity index (χ1) is 12.8. The zero-order valence-electron chi connectivity index (χ0n) is 14.5. The van der Waals surface area contributed by atoms with E-state index in [1.165, 1.54) is 30.9 Å². The number of benzene rings is 1. The molecule has 2 heterocycles. The Hall–Kier alpha value is -1.46. The lowest BCUT2D eigenvalue weighted by molar-refractivity contribution is -0.116. The number of carbonyl (C=O) groups is 1. The Morgan fingerprint density at radius 2 is 1.96 bits per heavy atom. The summed E-state index contributed by atoms with van der Waals surface area (Å²) < 4.78 is 37.5. The molecule has 11 heteroatoms. The van der Waals surface area contributed by atoms with Gasteiger partial charge in [-0.05, 0) is 24.5 Å². The zero-order valence-corrected chi connectivity index (χ0v) is 17.7. The lowest BCUT2D eigenvalue weighted by atomic mass is 10.2. The number of nitrogens with zero attached hydrogens (tertiary/aromatic N) is 1. The molecule has 7 nitrogen and oxygen atoms in total. The van der Waals surface area contributed by atoms with E-state index < -0.39 is 15.9 Å². The second-order valence-electron chi connectivity index (χ2n) is 5.56. The number of amides is 1. The van der Waals surface area contributed by atoms with Crippen molar-refractivity contribution in [2.24, 2.45) is 0 Å². The molecule has 1 N–H and O–H groups in total. The van der Waals surface area contributed by atoms with E-state index in [2.05, 4.69) is 5.32 Å². The van der Waals surface area contributed by atoms with Gasteiger partial charge >= 0.3 is 0 Å². The van der Waals surface area contributed by atoms with Crippen LogP contribution in [0, 0.1) is 0 Å². The highest BCUT2D eigenvalue weighted by Crippen LogP contribution is 2.39. The van der Waals surface area contributed by atoms with Crippen LogP contribution in [0.15, 0.2) is 33.4 Å². The second kappa shape index (κ2) is 8.27. The summed E-state index contributed by atoms with van der Waals surface area (Å²) in [7, 11) is -2.43. The smallest absolute Gasteiger partial charge is 0.252 e. The molecule has 1 aliphatic rings. The average Bonchev–Trinajstić information content (AvgIpc) is 3.08. The monoisotopic (exact) mass is 448 g/mol. The molecule has 0 atom stereocenters. The van der Waals surface area contributed by atoms with Gasteiger partial charge in [0.1, 0.15) is 17.4 Å². The van der Waals surface area contributed by atoms with Crippen molar-refractivity contribution >= 4 is 56.3 Å². The van der Waals surface area contributed by atoms with Crippen LogP contribution >= 0.6 is 34.7 Å². The first-order valence-corrected chi connectivity index (χ1v) is 11.7. The van der Waals surface area contributed by atoms with Crippen LogP contribution in [-0.2, 0) is 14.8 Å². The van der Waals surface area contributed by atoms with E-state index in [1.807, 2.05) is 6.26 Å². The quantitative estimate of drug-likeness (QED) is 0.683. The molecular weight excluding hydrogens is 432 g/mol. The van der Waals surface area contributed by atoms with Gasteiger partial charge in [0.2, 0.25) is 5.91 Å². The van der Waals surface area contributed by atoms with Crippen molar-refractivity contribution in [1.29, 1.82) is 0 Å². The molecule has 0 saturated carbocycles. The van der Waals surface area contributed by atoms with Crippen LogP contribution in [0.3, 0.4) is 0 Å². The lowest BCUT2D eigenvalue weighted by Gasteiger charge is -2.21. The van der Waals surface area contributed by atoms with E-state index in [-0.39, 0.29) is 10.8 Å². The highest BCUT2D eigenvalue weighted by molar-refractivity contribution is 7.98.